The molecule has 3 heterocycles. The van der Waals surface area contributed by atoms with E-state index < -0.39 is 0 Å². The molecule has 4 rings (SSSR count). The molecule has 33 heavy (non-hydrogen) atoms. The number of morpholine rings is 1. The molecule has 1 aliphatic heterocycles. The first-order chi connectivity index (χ1) is 16.1. The van der Waals surface area contributed by atoms with E-state index in [4.69, 9.17) is 14.5 Å². The molecule has 1 fully saturated rings. The number of rotatable bonds is 9. The lowest BCUT2D eigenvalue weighted by molar-refractivity contribution is 0.0945. The van der Waals surface area contributed by atoms with Crippen LogP contribution in [-0.2, 0) is 24.1 Å². The second kappa shape index (κ2) is 11.2. The van der Waals surface area contributed by atoms with Crippen LogP contribution in [0.1, 0.15) is 39.1 Å². The van der Waals surface area contributed by atoms with E-state index in [2.05, 4.69) is 40.1 Å². The summed E-state index contributed by atoms with van der Waals surface area (Å²) in [6.07, 6.45) is 6.14. The van der Waals surface area contributed by atoms with Crippen LogP contribution in [0.15, 0.2) is 36.8 Å². The number of hydrogen-bond acceptors (Lipinski definition) is 8. The van der Waals surface area contributed by atoms with Gasteiger partial charge in [-0.2, -0.15) is 0 Å². The van der Waals surface area contributed by atoms with Crippen molar-refractivity contribution in [3.8, 4) is 5.75 Å². The Balaban J connectivity index is 1.34. The number of aryl methyl sites for hydroxylation is 2. The number of amides is 1. The number of carbonyl (C=O) groups is 1. The number of anilines is 1. The van der Waals surface area contributed by atoms with Gasteiger partial charge in [0.25, 0.3) is 5.91 Å². The average Bonchev–Trinajstić information content (AvgIpc) is 3.24. The number of nitrogens with zero attached hydrogens (tertiary/aromatic N) is 4. The van der Waals surface area contributed by atoms with Gasteiger partial charge in [0.15, 0.2) is 5.13 Å². The maximum Gasteiger partial charge on any atom is 0.271 e. The van der Waals surface area contributed by atoms with Crippen LogP contribution < -0.4 is 15.0 Å². The lowest BCUT2D eigenvalue weighted by Gasteiger charge is -2.26. The van der Waals surface area contributed by atoms with Crippen LogP contribution in [0.5, 0.6) is 5.75 Å². The van der Waals surface area contributed by atoms with Crippen molar-refractivity contribution in [1.29, 1.82) is 0 Å². The molecule has 0 unspecified atom stereocenters. The smallest absolute Gasteiger partial charge is 0.271 e. The average molecular weight is 468 g/mol. The fourth-order valence-electron chi connectivity index (χ4n) is 3.68. The van der Waals surface area contributed by atoms with Gasteiger partial charge in [-0.1, -0.05) is 13.0 Å². The van der Waals surface area contributed by atoms with Crippen LogP contribution in [0.4, 0.5) is 5.13 Å². The SMILES string of the molecule is CCc1ccc(OCCc2nc(N3CCOCC3)sc2C)cc1CNC(=O)c1cnccn1. The highest BCUT2D eigenvalue weighted by Gasteiger charge is 2.17. The van der Waals surface area contributed by atoms with Crippen molar-refractivity contribution in [3.63, 3.8) is 0 Å². The molecule has 0 atom stereocenters. The third-order valence-corrected chi connectivity index (χ3v) is 6.64. The number of carbonyl (C=O) groups excluding carboxylic acids is 1. The number of nitrogens with one attached hydrogen (secondary N) is 1. The number of thiazole rings is 1. The number of ether oxygens (including phenoxy) is 2. The van der Waals surface area contributed by atoms with Gasteiger partial charge in [0.1, 0.15) is 11.4 Å². The van der Waals surface area contributed by atoms with Crippen LogP contribution in [0.2, 0.25) is 0 Å². The summed E-state index contributed by atoms with van der Waals surface area (Å²) >= 11 is 1.74. The van der Waals surface area contributed by atoms with Crippen molar-refractivity contribution < 1.29 is 14.3 Å². The van der Waals surface area contributed by atoms with E-state index in [1.807, 2.05) is 12.1 Å². The van der Waals surface area contributed by atoms with Gasteiger partial charge in [0.2, 0.25) is 0 Å². The van der Waals surface area contributed by atoms with Gasteiger partial charge >= 0.3 is 0 Å². The first-order valence-corrected chi connectivity index (χ1v) is 12.0. The molecule has 0 spiro atoms. The highest BCUT2D eigenvalue weighted by molar-refractivity contribution is 7.15. The normalized spacial score (nSPS) is 13.7. The van der Waals surface area contributed by atoms with E-state index in [1.54, 1.807) is 17.5 Å². The second-order valence-corrected chi connectivity index (χ2v) is 8.94. The van der Waals surface area contributed by atoms with Gasteiger partial charge in [-0.3, -0.25) is 9.78 Å². The Hall–Kier alpha value is -3.04. The van der Waals surface area contributed by atoms with Crippen molar-refractivity contribution in [2.75, 3.05) is 37.8 Å². The molecule has 1 N–H and O–H groups in total. The molecule has 9 heteroatoms. The fraction of sp³-hybridized carbons (Fsp3) is 0.417. The Morgan fingerprint density at radius 3 is 2.85 bits per heavy atom. The van der Waals surface area contributed by atoms with E-state index in [0.29, 0.717) is 18.8 Å². The summed E-state index contributed by atoms with van der Waals surface area (Å²) in [5.74, 6) is 0.545. The molecule has 0 saturated carbocycles. The second-order valence-electron chi connectivity index (χ2n) is 7.75. The predicted molar refractivity (Wildman–Crippen MR) is 128 cm³/mol. The summed E-state index contributed by atoms with van der Waals surface area (Å²) in [5.41, 5.74) is 3.60. The van der Waals surface area contributed by atoms with Gasteiger partial charge in [-0.25, -0.2) is 9.97 Å². The van der Waals surface area contributed by atoms with Gasteiger partial charge in [-0.05, 0) is 36.6 Å². The van der Waals surface area contributed by atoms with E-state index in [1.165, 1.54) is 22.8 Å². The maximum absolute atomic E-state index is 12.3. The molecule has 3 aromatic rings. The highest BCUT2D eigenvalue weighted by atomic mass is 32.1. The van der Waals surface area contributed by atoms with Crippen molar-refractivity contribution >= 4 is 22.4 Å². The molecule has 8 nitrogen and oxygen atoms in total. The summed E-state index contributed by atoms with van der Waals surface area (Å²) in [4.78, 5) is 28.7. The Kier molecular flexibility index (Phi) is 7.85. The lowest BCUT2D eigenvalue weighted by Crippen LogP contribution is -2.36. The van der Waals surface area contributed by atoms with Crippen LogP contribution in [-0.4, -0.2) is 53.8 Å². The van der Waals surface area contributed by atoms with Crippen LogP contribution in [0, 0.1) is 6.92 Å². The third-order valence-electron chi connectivity index (χ3n) is 5.56. The molecular formula is C24H29N5O3S. The van der Waals surface area contributed by atoms with Crippen molar-refractivity contribution in [3.05, 3.63) is 64.2 Å². The predicted octanol–water partition coefficient (Wildman–Crippen LogP) is 3.19. The van der Waals surface area contributed by atoms with Crippen LogP contribution in [0.25, 0.3) is 0 Å². The maximum atomic E-state index is 12.3. The summed E-state index contributed by atoms with van der Waals surface area (Å²) in [7, 11) is 0. The molecule has 1 amide bonds. The molecule has 174 valence electrons. The van der Waals surface area contributed by atoms with E-state index in [-0.39, 0.29) is 5.91 Å². The molecule has 1 aromatic carbocycles. The first-order valence-electron chi connectivity index (χ1n) is 11.2. The molecule has 1 aliphatic rings. The Morgan fingerprint density at radius 2 is 2.09 bits per heavy atom. The molecule has 0 radical (unpaired) electrons. The molecule has 2 aromatic heterocycles. The van der Waals surface area contributed by atoms with E-state index in [9.17, 15) is 4.79 Å². The summed E-state index contributed by atoms with van der Waals surface area (Å²) in [6, 6.07) is 6.05. The monoisotopic (exact) mass is 467 g/mol. The number of benzene rings is 1. The zero-order valence-electron chi connectivity index (χ0n) is 19.0. The summed E-state index contributed by atoms with van der Waals surface area (Å²) in [5, 5.41) is 3.99. The van der Waals surface area contributed by atoms with Gasteiger partial charge in [0, 0.05) is 43.3 Å². The van der Waals surface area contributed by atoms with Gasteiger partial charge in [0.05, 0.1) is 31.7 Å². The third kappa shape index (κ3) is 6.06. The molecule has 1 saturated heterocycles. The first kappa shape index (κ1) is 23.1. The minimum Gasteiger partial charge on any atom is -0.493 e. The topological polar surface area (TPSA) is 89.5 Å². The Morgan fingerprint density at radius 1 is 1.24 bits per heavy atom. The standard InChI is InChI=1S/C24H29N5O3S/c1-3-18-4-5-20(14-19(18)15-27-23(30)22-16-25-7-8-26-22)32-11-6-21-17(2)33-24(28-21)29-9-12-31-13-10-29/h4-5,7-8,14,16H,3,6,9-13,15H2,1-2H3,(H,27,30). The molecule has 0 bridgehead atoms. The summed E-state index contributed by atoms with van der Waals surface area (Å²) in [6.45, 7) is 8.46. The quantitative estimate of drug-likeness (QED) is 0.517. The number of aromatic nitrogens is 3. The Labute approximate surface area is 198 Å². The van der Waals surface area contributed by atoms with Crippen molar-refractivity contribution in [1.82, 2.24) is 20.3 Å². The zero-order chi connectivity index (χ0) is 23.0. The van der Waals surface area contributed by atoms with E-state index >= 15 is 0 Å². The molecular weight excluding hydrogens is 438 g/mol. The lowest BCUT2D eigenvalue weighted by atomic mass is 10.0. The minimum absolute atomic E-state index is 0.244. The van der Waals surface area contributed by atoms with E-state index in [0.717, 1.165) is 61.3 Å². The summed E-state index contributed by atoms with van der Waals surface area (Å²) < 4.78 is 11.5. The highest BCUT2D eigenvalue weighted by Crippen LogP contribution is 2.27. The largest absolute Gasteiger partial charge is 0.493 e. The number of hydrogen-bond donors (Lipinski definition) is 1. The van der Waals surface area contributed by atoms with Gasteiger partial charge < -0.3 is 19.7 Å². The minimum atomic E-state index is -0.244. The van der Waals surface area contributed by atoms with Crippen LogP contribution >= 0.6 is 11.3 Å². The van der Waals surface area contributed by atoms with Crippen molar-refractivity contribution in [2.45, 2.75) is 33.2 Å². The fourth-order valence-corrected chi connectivity index (χ4v) is 4.69. The van der Waals surface area contributed by atoms with Crippen molar-refractivity contribution in [2.24, 2.45) is 0 Å². The van der Waals surface area contributed by atoms with Crippen LogP contribution in [0.3, 0.4) is 0 Å². The zero-order valence-corrected chi connectivity index (χ0v) is 19.9. The molecule has 0 aliphatic carbocycles. The Bertz CT molecular complexity index is 1070. The van der Waals surface area contributed by atoms with Gasteiger partial charge in [-0.15, -0.1) is 11.3 Å².